The molecule has 1 aromatic carbocycles. The van der Waals surface area contributed by atoms with Crippen LogP contribution in [0, 0.1) is 11.7 Å². The van der Waals surface area contributed by atoms with Gasteiger partial charge >= 0.3 is 11.9 Å². The molecule has 0 bridgehead atoms. The summed E-state index contributed by atoms with van der Waals surface area (Å²) in [7, 11) is 3.04. The highest BCUT2D eigenvalue weighted by Crippen LogP contribution is 2.35. The molecule has 0 saturated heterocycles. The van der Waals surface area contributed by atoms with Crippen LogP contribution < -0.4 is 5.32 Å². The van der Waals surface area contributed by atoms with E-state index >= 15 is 0 Å². The topological polar surface area (TPSA) is 81.9 Å². The molecular weight excluding hydrogens is 407 g/mol. The average molecular weight is 432 g/mol. The van der Waals surface area contributed by atoms with Gasteiger partial charge in [-0.1, -0.05) is 25.5 Å². The summed E-state index contributed by atoms with van der Waals surface area (Å²) in [5.41, 5.74) is 1.71. The number of allylic oxidation sites excluding steroid dienone is 1. The van der Waals surface area contributed by atoms with Crippen LogP contribution in [0.4, 0.5) is 9.18 Å². The number of nitrogens with zero attached hydrogens (tertiary/aromatic N) is 3. The number of benzene rings is 1. The molecule has 4 amide bonds. The van der Waals surface area contributed by atoms with E-state index in [2.05, 4.69) is 10.3 Å². The van der Waals surface area contributed by atoms with E-state index in [0.29, 0.717) is 12.4 Å². The Hall–Kier alpha value is -2.81. The van der Waals surface area contributed by atoms with E-state index in [0.717, 1.165) is 33.8 Å². The summed E-state index contributed by atoms with van der Waals surface area (Å²) >= 11 is 1.30. The van der Waals surface area contributed by atoms with E-state index in [4.69, 9.17) is 0 Å². The molecule has 2 aliphatic heterocycles. The molecule has 1 N–H and O–H groups in total. The summed E-state index contributed by atoms with van der Waals surface area (Å²) in [6.45, 7) is 2.32. The van der Waals surface area contributed by atoms with Gasteiger partial charge in [0.25, 0.3) is 5.84 Å². The molecular formula is C21H24FN4O3S+. The number of carbonyl (C=O) groups is 3. The summed E-state index contributed by atoms with van der Waals surface area (Å²) < 4.78 is 14.4. The maximum absolute atomic E-state index is 13.0. The predicted molar refractivity (Wildman–Crippen MR) is 114 cm³/mol. The maximum atomic E-state index is 13.0. The summed E-state index contributed by atoms with van der Waals surface area (Å²) in [5.74, 6) is -1.04. The number of amidine groups is 1. The van der Waals surface area contributed by atoms with Gasteiger partial charge < -0.3 is 5.32 Å². The molecule has 7 nitrogen and oxygen atoms in total. The number of hydrogen-bond donors (Lipinski definition) is 1. The number of hydrogen-bond acceptors (Lipinski definition) is 5. The molecule has 1 aromatic rings. The molecule has 0 aliphatic carbocycles. The van der Waals surface area contributed by atoms with Crippen molar-refractivity contribution in [3.8, 4) is 0 Å². The van der Waals surface area contributed by atoms with Crippen molar-refractivity contribution in [1.82, 2.24) is 10.2 Å². The lowest BCUT2D eigenvalue weighted by Gasteiger charge is -2.28. The molecule has 0 spiro atoms. The van der Waals surface area contributed by atoms with Crippen LogP contribution in [-0.2, 0) is 16.1 Å². The molecule has 9 heteroatoms. The molecule has 0 fully saturated rings. The number of dihydropyridines is 1. The fourth-order valence-electron chi connectivity index (χ4n) is 3.33. The first-order valence-corrected chi connectivity index (χ1v) is 10.6. The van der Waals surface area contributed by atoms with Gasteiger partial charge in [-0.15, -0.1) is 16.8 Å². The third-order valence-electron chi connectivity index (χ3n) is 4.97. The summed E-state index contributed by atoms with van der Waals surface area (Å²) in [4.78, 5) is 43.7. The molecule has 3 rings (SSSR count). The molecule has 1 unspecified atom stereocenters. The predicted octanol–water partition coefficient (Wildman–Crippen LogP) is 2.56. The van der Waals surface area contributed by atoms with Crippen LogP contribution in [0.2, 0.25) is 0 Å². The number of halogens is 1. The van der Waals surface area contributed by atoms with Crippen molar-refractivity contribution >= 4 is 41.7 Å². The van der Waals surface area contributed by atoms with Gasteiger partial charge in [0.05, 0.1) is 19.8 Å². The van der Waals surface area contributed by atoms with E-state index in [9.17, 15) is 18.8 Å². The minimum Gasteiger partial charge on any atom is -0.351 e. The van der Waals surface area contributed by atoms with Crippen LogP contribution >= 0.6 is 11.8 Å². The Labute approximate surface area is 178 Å². The van der Waals surface area contributed by atoms with Gasteiger partial charge in [0.1, 0.15) is 12.0 Å². The standard InChI is InChI=1S/C21H23FN4O3S/c1-4-5-14-11-24-19-17(20(28)26(3)21(29)25(19)2)18(14)30-12-16(27)23-10-13-6-8-15(22)9-7-13/h6-9,11,17H,4-5,10,12H2,1-3H3/p+1. The molecule has 30 heavy (non-hydrogen) atoms. The highest BCUT2D eigenvalue weighted by atomic mass is 32.2. The van der Waals surface area contributed by atoms with Crippen molar-refractivity contribution in [3.05, 3.63) is 46.1 Å². The van der Waals surface area contributed by atoms with Crippen LogP contribution in [0.25, 0.3) is 0 Å². The Bertz CT molecular complexity index is 969. The number of amides is 4. The summed E-state index contributed by atoms with van der Waals surface area (Å²) in [6.07, 6.45) is 3.28. The Morgan fingerprint density at radius 3 is 2.67 bits per heavy atom. The van der Waals surface area contributed by atoms with E-state index in [1.807, 2.05) is 6.92 Å². The average Bonchev–Trinajstić information content (AvgIpc) is 2.74. The molecule has 0 radical (unpaired) electrons. The lowest BCUT2D eigenvalue weighted by Crippen LogP contribution is -2.52. The summed E-state index contributed by atoms with van der Waals surface area (Å²) in [5, 5.41) is 2.81. The van der Waals surface area contributed by atoms with Gasteiger partial charge in [-0.2, -0.15) is 9.48 Å². The van der Waals surface area contributed by atoms with Crippen LogP contribution in [-0.4, -0.2) is 59.2 Å². The van der Waals surface area contributed by atoms with Crippen LogP contribution in [0.15, 0.2) is 39.7 Å². The SMILES string of the molecule is CCCC1=C(SCC(=O)NCc2ccc(F)cc2)C2C(=O)N(C)C(=O)[N+](C)=C2N=C1. The molecule has 158 valence electrons. The largest absolute Gasteiger partial charge is 0.445 e. The Balaban J connectivity index is 1.75. The van der Waals surface area contributed by atoms with Crippen molar-refractivity contribution in [2.75, 3.05) is 19.8 Å². The van der Waals surface area contributed by atoms with Crippen molar-refractivity contribution in [1.29, 1.82) is 0 Å². The molecule has 2 aliphatic rings. The van der Waals surface area contributed by atoms with E-state index < -0.39 is 11.9 Å². The van der Waals surface area contributed by atoms with E-state index in [-0.39, 0.29) is 23.4 Å². The van der Waals surface area contributed by atoms with Gasteiger partial charge in [-0.3, -0.25) is 9.59 Å². The van der Waals surface area contributed by atoms with Gasteiger partial charge in [-0.25, -0.2) is 9.18 Å². The lowest BCUT2D eigenvalue weighted by molar-refractivity contribution is -0.407. The number of nitrogens with one attached hydrogen (secondary N) is 1. The van der Waals surface area contributed by atoms with E-state index in [1.54, 1.807) is 25.4 Å². The van der Waals surface area contributed by atoms with E-state index in [1.165, 1.54) is 35.5 Å². The Morgan fingerprint density at radius 1 is 1.30 bits per heavy atom. The second-order valence-corrected chi connectivity index (χ2v) is 8.14. The van der Waals surface area contributed by atoms with Gasteiger partial charge in [0.15, 0.2) is 5.92 Å². The number of fused-ring (bicyclic) bond motifs is 1. The fraction of sp³-hybridized carbons (Fsp3) is 0.381. The first-order chi connectivity index (χ1) is 14.3. The van der Waals surface area contributed by atoms with Crippen LogP contribution in [0.5, 0.6) is 0 Å². The zero-order chi connectivity index (χ0) is 21.8. The number of rotatable bonds is 7. The number of carbonyl (C=O) groups excluding carboxylic acids is 3. The maximum Gasteiger partial charge on any atom is 0.445 e. The third-order valence-corrected chi connectivity index (χ3v) is 6.18. The molecule has 0 aromatic heterocycles. The fourth-order valence-corrected chi connectivity index (χ4v) is 4.43. The highest BCUT2D eigenvalue weighted by molar-refractivity contribution is 8.03. The minimum absolute atomic E-state index is 0.121. The Morgan fingerprint density at radius 2 is 2.00 bits per heavy atom. The normalized spacial score (nSPS) is 18.8. The second kappa shape index (κ2) is 9.34. The van der Waals surface area contributed by atoms with Gasteiger partial charge in [0.2, 0.25) is 5.91 Å². The lowest BCUT2D eigenvalue weighted by atomic mass is 9.96. The van der Waals surface area contributed by atoms with Gasteiger partial charge in [-0.05, 0) is 29.7 Å². The Kier molecular flexibility index (Phi) is 6.81. The minimum atomic E-state index is -0.681. The smallest absolute Gasteiger partial charge is 0.351 e. The van der Waals surface area contributed by atoms with Crippen LogP contribution in [0.1, 0.15) is 25.3 Å². The zero-order valence-corrected chi connectivity index (χ0v) is 18.0. The monoisotopic (exact) mass is 431 g/mol. The van der Waals surface area contributed by atoms with Gasteiger partial charge in [0, 0.05) is 11.4 Å². The zero-order valence-electron chi connectivity index (χ0n) is 17.1. The van der Waals surface area contributed by atoms with Crippen molar-refractivity contribution in [2.24, 2.45) is 10.9 Å². The number of imide groups is 1. The first kappa shape index (κ1) is 21.9. The second-order valence-electron chi connectivity index (χ2n) is 7.12. The first-order valence-electron chi connectivity index (χ1n) is 9.66. The quantitative estimate of drug-likeness (QED) is 0.673. The van der Waals surface area contributed by atoms with Crippen LogP contribution in [0.3, 0.4) is 0 Å². The number of urea groups is 1. The number of aliphatic imine (C=N–C) groups is 1. The summed E-state index contributed by atoms with van der Waals surface area (Å²) in [6, 6.07) is 5.50. The molecule has 1 atom stereocenters. The van der Waals surface area contributed by atoms with Crippen molar-refractivity contribution < 1.29 is 23.3 Å². The van der Waals surface area contributed by atoms with Crippen molar-refractivity contribution in [2.45, 2.75) is 26.3 Å². The molecule has 0 saturated carbocycles. The molecule has 2 heterocycles. The highest BCUT2D eigenvalue weighted by Gasteiger charge is 2.48. The number of thioether (sulfide) groups is 1. The third kappa shape index (κ3) is 4.51. The van der Waals surface area contributed by atoms with Crippen molar-refractivity contribution in [3.63, 3.8) is 0 Å².